The standard InChI is InChI=1S/C10H17N3O2S2/c1-3-5-11-10-13-12-8(17-10)7-16-6-4-9(14)15-2/h3-7H2,1-2H3,(H,11,13). The van der Waals surface area contributed by atoms with E-state index < -0.39 is 0 Å². The number of esters is 1. The van der Waals surface area contributed by atoms with Crippen molar-refractivity contribution >= 4 is 34.2 Å². The summed E-state index contributed by atoms with van der Waals surface area (Å²) in [6, 6.07) is 0. The molecule has 0 aliphatic heterocycles. The second-order valence-corrected chi connectivity index (χ2v) is 5.47. The Morgan fingerprint density at radius 3 is 3.06 bits per heavy atom. The first kappa shape index (κ1) is 14.2. The summed E-state index contributed by atoms with van der Waals surface area (Å²) in [5, 5.41) is 13.2. The molecule has 0 aromatic carbocycles. The Morgan fingerprint density at radius 1 is 1.53 bits per heavy atom. The van der Waals surface area contributed by atoms with Crippen molar-refractivity contribution in [2.45, 2.75) is 25.5 Å². The van der Waals surface area contributed by atoms with Crippen LogP contribution in [0.15, 0.2) is 0 Å². The van der Waals surface area contributed by atoms with E-state index >= 15 is 0 Å². The minimum Gasteiger partial charge on any atom is -0.469 e. The van der Waals surface area contributed by atoms with Gasteiger partial charge in [0.2, 0.25) is 5.13 Å². The molecule has 0 fully saturated rings. The molecule has 1 aromatic heterocycles. The minimum atomic E-state index is -0.167. The second-order valence-electron chi connectivity index (χ2n) is 3.31. The number of methoxy groups -OCH3 is 1. The molecule has 0 spiro atoms. The summed E-state index contributed by atoms with van der Waals surface area (Å²) in [5.74, 6) is 1.38. The van der Waals surface area contributed by atoms with Gasteiger partial charge in [0.15, 0.2) is 0 Å². The molecule has 0 bridgehead atoms. The lowest BCUT2D eigenvalue weighted by atomic mass is 10.5. The molecule has 1 rings (SSSR count). The molecule has 5 nitrogen and oxygen atoms in total. The molecule has 0 unspecified atom stereocenters. The van der Waals surface area contributed by atoms with Crippen molar-refractivity contribution in [3.05, 3.63) is 5.01 Å². The van der Waals surface area contributed by atoms with Crippen molar-refractivity contribution in [1.82, 2.24) is 10.2 Å². The van der Waals surface area contributed by atoms with Gasteiger partial charge >= 0.3 is 5.97 Å². The number of carbonyl (C=O) groups is 1. The molecule has 0 radical (unpaired) electrons. The van der Waals surface area contributed by atoms with Gasteiger partial charge in [0.1, 0.15) is 5.01 Å². The van der Waals surface area contributed by atoms with Gasteiger partial charge < -0.3 is 10.1 Å². The van der Waals surface area contributed by atoms with Crippen LogP contribution in [0.25, 0.3) is 0 Å². The summed E-state index contributed by atoms with van der Waals surface area (Å²) in [6.07, 6.45) is 1.52. The van der Waals surface area contributed by atoms with E-state index in [9.17, 15) is 4.79 Å². The lowest BCUT2D eigenvalue weighted by Crippen LogP contribution is -2.01. The molecule has 7 heteroatoms. The van der Waals surface area contributed by atoms with Crippen LogP contribution in [0, 0.1) is 0 Å². The number of ether oxygens (including phenoxy) is 1. The van der Waals surface area contributed by atoms with Gasteiger partial charge in [0.05, 0.1) is 13.5 Å². The van der Waals surface area contributed by atoms with Crippen molar-refractivity contribution in [1.29, 1.82) is 0 Å². The maximum atomic E-state index is 10.9. The molecule has 0 aliphatic rings. The van der Waals surface area contributed by atoms with Gasteiger partial charge in [0, 0.05) is 18.1 Å². The third kappa shape index (κ3) is 5.88. The van der Waals surface area contributed by atoms with Gasteiger partial charge in [-0.2, -0.15) is 11.8 Å². The van der Waals surface area contributed by atoms with E-state index in [0.29, 0.717) is 6.42 Å². The molecule has 1 heterocycles. The molecule has 0 atom stereocenters. The summed E-state index contributed by atoms with van der Waals surface area (Å²) in [6.45, 7) is 3.03. The van der Waals surface area contributed by atoms with Gasteiger partial charge in [-0.25, -0.2) is 0 Å². The van der Waals surface area contributed by atoms with Gasteiger partial charge in [-0.1, -0.05) is 18.3 Å². The largest absolute Gasteiger partial charge is 0.469 e. The van der Waals surface area contributed by atoms with Crippen LogP contribution in [0.4, 0.5) is 5.13 Å². The first-order chi connectivity index (χ1) is 8.26. The van der Waals surface area contributed by atoms with Crippen LogP contribution in [0.1, 0.15) is 24.8 Å². The van der Waals surface area contributed by atoms with Crippen LogP contribution in [0.3, 0.4) is 0 Å². The number of nitrogens with one attached hydrogen (secondary N) is 1. The SMILES string of the molecule is CCCNc1nnc(CSCCC(=O)OC)s1. The van der Waals surface area contributed by atoms with Crippen molar-refractivity contribution in [2.24, 2.45) is 0 Å². The van der Waals surface area contributed by atoms with E-state index in [1.165, 1.54) is 7.11 Å². The quantitative estimate of drug-likeness (QED) is 0.579. The van der Waals surface area contributed by atoms with Gasteiger partial charge in [0.25, 0.3) is 0 Å². The number of nitrogens with zero attached hydrogens (tertiary/aromatic N) is 2. The number of rotatable bonds is 8. The van der Waals surface area contributed by atoms with Crippen molar-refractivity contribution < 1.29 is 9.53 Å². The van der Waals surface area contributed by atoms with Crippen molar-refractivity contribution in [3.8, 4) is 0 Å². The van der Waals surface area contributed by atoms with Crippen LogP contribution in [0.5, 0.6) is 0 Å². The molecular formula is C10H17N3O2S2. The highest BCUT2D eigenvalue weighted by Crippen LogP contribution is 2.20. The average Bonchev–Trinajstić information content (AvgIpc) is 2.79. The van der Waals surface area contributed by atoms with Gasteiger partial charge in [-0.3, -0.25) is 4.79 Å². The average molecular weight is 275 g/mol. The normalized spacial score (nSPS) is 10.2. The van der Waals surface area contributed by atoms with Crippen LogP contribution in [-0.2, 0) is 15.3 Å². The molecule has 0 aliphatic carbocycles. The molecule has 1 N–H and O–H groups in total. The lowest BCUT2D eigenvalue weighted by Gasteiger charge is -1.98. The van der Waals surface area contributed by atoms with Crippen LogP contribution in [-0.4, -0.2) is 35.6 Å². The van der Waals surface area contributed by atoms with Crippen LogP contribution < -0.4 is 5.32 Å². The number of hydrogen-bond acceptors (Lipinski definition) is 7. The summed E-state index contributed by atoms with van der Waals surface area (Å²) >= 11 is 3.23. The Bertz CT molecular complexity index is 344. The second kappa shape index (κ2) is 8.30. The molecule has 0 saturated carbocycles. The zero-order valence-corrected chi connectivity index (χ0v) is 11.7. The van der Waals surface area contributed by atoms with E-state index in [1.54, 1.807) is 23.1 Å². The Hall–Kier alpha value is -0.820. The number of hydrogen-bond donors (Lipinski definition) is 1. The van der Waals surface area contributed by atoms with E-state index in [1.807, 2.05) is 0 Å². The van der Waals surface area contributed by atoms with E-state index in [-0.39, 0.29) is 5.97 Å². The fourth-order valence-electron chi connectivity index (χ4n) is 1.03. The minimum absolute atomic E-state index is 0.167. The predicted molar refractivity (Wildman–Crippen MR) is 71.5 cm³/mol. The van der Waals surface area contributed by atoms with Crippen molar-refractivity contribution in [3.63, 3.8) is 0 Å². The molecule has 96 valence electrons. The van der Waals surface area contributed by atoms with E-state index in [0.717, 1.165) is 34.6 Å². The van der Waals surface area contributed by atoms with Crippen LogP contribution in [0.2, 0.25) is 0 Å². The monoisotopic (exact) mass is 275 g/mol. The molecule has 0 amide bonds. The number of anilines is 1. The Morgan fingerprint density at radius 2 is 2.35 bits per heavy atom. The Kier molecular flexibility index (Phi) is 6.95. The van der Waals surface area contributed by atoms with E-state index in [2.05, 4.69) is 27.2 Å². The lowest BCUT2D eigenvalue weighted by molar-refractivity contribution is -0.140. The molecule has 0 saturated heterocycles. The summed E-state index contributed by atoms with van der Waals surface area (Å²) in [7, 11) is 1.41. The topological polar surface area (TPSA) is 64.1 Å². The Balaban J connectivity index is 2.18. The summed E-state index contributed by atoms with van der Waals surface area (Å²) in [5.41, 5.74) is 0. The zero-order valence-electron chi connectivity index (χ0n) is 10.1. The maximum absolute atomic E-state index is 10.9. The Labute approximate surface area is 109 Å². The number of aromatic nitrogens is 2. The fraction of sp³-hybridized carbons (Fsp3) is 0.700. The first-order valence-electron chi connectivity index (χ1n) is 5.47. The molecule has 17 heavy (non-hydrogen) atoms. The van der Waals surface area contributed by atoms with E-state index in [4.69, 9.17) is 0 Å². The summed E-state index contributed by atoms with van der Waals surface area (Å²) < 4.78 is 4.56. The smallest absolute Gasteiger partial charge is 0.306 e. The highest BCUT2D eigenvalue weighted by molar-refractivity contribution is 7.98. The zero-order chi connectivity index (χ0) is 12.5. The highest BCUT2D eigenvalue weighted by atomic mass is 32.2. The number of thioether (sulfide) groups is 1. The predicted octanol–water partition coefficient (Wildman–Crippen LogP) is 2.16. The summed E-state index contributed by atoms with van der Waals surface area (Å²) in [4.78, 5) is 10.9. The fourth-order valence-corrected chi connectivity index (χ4v) is 2.77. The third-order valence-corrected chi connectivity index (χ3v) is 3.93. The van der Waals surface area contributed by atoms with Gasteiger partial charge in [-0.15, -0.1) is 10.2 Å². The van der Waals surface area contributed by atoms with Gasteiger partial charge in [-0.05, 0) is 6.42 Å². The first-order valence-corrected chi connectivity index (χ1v) is 7.44. The van der Waals surface area contributed by atoms with Crippen LogP contribution >= 0.6 is 23.1 Å². The third-order valence-electron chi connectivity index (χ3n) is 1.90. The molecule has 1 aromatic rings. The highest BCUT2D eigenvalue weighted by Gasteiger charge is 2.04. The number of carbonyl (C=O) groups excluding carboxylic acids is 1. The maximum Gasteiger partial charge on any atom is 0.306 e. The van der Waals surface area contributed by atoms with Crippen molar-refractivity contribution in [2.75, 3.05) is 24.7 Å². The molecular weight excluding hydrogens is 258 g/mol.